The van der Waals surface area contributed by atoms with Gasteiger partial charge in [0.05, 0.1) is 24.1 Å². The van der Waals surface area contributed by atoms with E-state index in [-0.39, 0.29) is 12.3 Å². The molecule has 2 rings (SSSR count). The maximum atomic E-state index is 12.3. The Balaban J connectivity index is 1.94. The van der Waals surface area contributed by atoms with Gasteiger partial charge in [0.15, 0.2) is 6.10 Å². The first-order valence-corrected chi connectivity index (χ1v) is 8.71. The van der Waals surface area contributed by atoms with Gasteiger partial charge in [-0.05, 0) is 36.8 Å². The van der Waals surface area contributed by atoms with Crippen LogP contribution in [0.1, 0.15) is 37.4 Å². The fourth-order valence-electron chi connectivity index (χ4n) is 2.52. The largest absolute Gasteiger partial charge is 0.452 e. The van der Waals surface area contributed by atoms with Crippen LogP contribution >= 0.6 is 0 Å². The van der Waals surface area contributed by atoms with Crippen LogP contribution in [0.4, 0.5) is 5.69 Å². The van der Waals surface area contributed by atoms with Crippen molar-refractivity contribution in [2.75, 3.05) is 5.32 Å². The van der Waals surface area contributed by atoms with Crippen LogP contribution in [0, 0.1) is 11.3 Å². The predicted octanol–water partition coefficient (Wildman–Crippen LogP) is 2.70. The summed E-state index contributed by atoms with van der Waals surface area (Å²) < 4.78 is 5.21. The van der Waals surface area contributed by atoms with Gasteiger partial charge in [-0.2, -0.15) is 5.26 Å². The second kappa shape index (κ2) is 9.88. The van der Waals surface area contributed by atoms with Crippen LogP contribution in [0.15, 0.2) is 54.6 Å². The Morgan fingerprint density at radius 2 is 1.71 bits per heavy atom. The minimum atomic E-state index is -1.02. The van der Waals surface area contributed by atoms with E-state index in [0.29, 0.717) is 11.3 Å². The number of amides is 2. The number of esters is 1. The van der Waals surface area contributed by atoms with Crippen molar-refractivity contribution in [3.63, 3.8) is 0 Å². The van der Waals surface area contributed by atoms with Crippen molar-refractivity contribution in [3.8, 4) is 6.07 Å². The van der Waals surface area contributed by atoms with Crippen molar-refractivity contribution in [1.29, 1.82) is 5.26 Å². The Bertz CT molecular complexity index is 873. The minimum absolute atomic E-state index is 0.0991. The van der Waals surface area contributed by atoms with Crippen LogP contribution in [0.5, 0.6) is 0 Å². The summed E-state index contributed by atoms with van der Waals surface area (Å²) in [5, 5.41) is 14.1. The van der Waals surface area contributed by atoms with Crippen molar-refractivity contribution in [2.45, 2.75) is 32.4 Å². The first-order chi connectivity index (χ1) is 13.4. The molecule has 0 aliphatic rings. The monoisotopic (exact) mass is 379 g/mol. The Kier molecular flexibility index (Phi) is 7.28. The highest BCUT2D eigenvalue weighted by Gasteiger charge is 2.22. The van der Waals surface area contributed by atoms with Gasteiger partial charge >= 0.3 is 5.97 Å². The van der Waals surface area contributed by atoms with E-state index in [1.165, 1.54) is 13.8 Å². The van der Waals surface area contributed by atoms with Gasteiger partial charge in [-0.1, -0.05) is 30.3 Å². The van der Waals surface area contributed by atoms with E-state index < -0.39 is 24.0 Å². The quantitative estimate of drug-likeness (QED) is 0.719. The van der Waals surface area contributed by atoms with E-state index in [9.17, 15) is 14.4 Å². The molecule has 0 aromatic heterocycles. The molecule has 0 aliphatic heterocycles. The molecular weight excluding hydrogens is 358 g/mol. The van der Waals surface area contributed by atoms with Gasteiger partial charge in [0.2, 0.25) is 5.91 Å². The minimum Gasteiger partial charge on any atom is -0.452 e. The second-order valence-corrected chi connectivity index (χ2v) is 6.18. The van der Waals surface area contributed by atoms with E-state index in [0.717, 1.165) is 5.56 Å². The van der Waals surface area contributed by atoms with E-state index in [1.807, 2.05) is 24.3 Å². The SMILES string of the molecule is CC(=O)N[C@H](CC(=O)O[C@@H](C)C(=O)Nc1ccc(C#N)cc1)c1ccccc1. The number of benzene rings is 2. The van der Waals surface area contributed by atoms with E-state index in [2.05, 4.69) is 10.6 Å². The first-order valence-electron chi connectivity index (χ1n) is 8.71. The van der Waals surface area contributed by atoms with Crippen LogP contribution in [0.3, 0.4) is 0 Å². The molecule has 2 N–H and O–H groups in total. The van der Waals surface area contributed by atoms with Crippen LogP contribution < -0.4 is 10.6 Å². The lowest BCUT2D eigenvalue weighted by molar-refractivity contribution is -0.153. The number of ether oxygens (including phenoxy) is 1. The number of hydrogen-bond acceptors (Lipinski definition) is 5. The summed E-state index contributed by atoms with van der Waals surface area (Å²) in [6.45, 7) is 2.84. The van der Waals surface area contributed by atoms with Gasteiger partial charge in [-0.25, -0.2) is 0 Å². The second-order valence-electron chi connectivity index (χ2n) is 6.18. The van der Waals surface area contributed by atoms with Crippen molar-refractivity contribution < 1.29 is 19.1 Å². The Hall–Kier alpha value is -3.66. The summed E-state index contributed by atoms with van der Waals surface area (Å²) in [6, 6.07) is 16.8. The molecule has 0 radical (unpaired) electrons. The number of nitriles is 1. The zero-order valence-corrected chi connectivity index (χ0v) is 15.6. The third kappa shape index (κ3) is 6.25. The Morgan fingerprint density at radius 1 is 1.07 bits per heavy atom. The van der Waals surface area contributed by atoms with Gasteiger partial charge in [0.25, 0.3) is 5.91 Å². The summed E-state index contributed by atoms with van der Waals surface area (Å²) in [5.74, 6) is -1.37. The van der Waals surface area contributed by atoms with E-state index in [4.69, 9.17) is 10.00 Å². The Morgan fingerprint density at radius 3 is 2.29 bits per heavy atom. The molecule has 28 heavy (non-hydrogen) atoms. The number of nitrogens with one attached hydrogen (secondary N) is 2. The van der Waals surface area contributed by atoms with Gasteiger partial charge in [-0.15, -0.1) is 0 Å². The normalized spacial score (nSPS) is 12.2. The van der Waals surface area contributed by atoms with E-state index in [1.54, 1.807) is 36.4 Å². The molecule has 0 spiro atoms. The highest BCUT2D eigenvalue weighted by atomic mass is 16.5. The zero-order valence-electron chi connectivity index (χ0n) is 15.6. The van der Waals surface area contributed by atoms with Crippen LogP contribution in [-0.2, 0) is 19.1 Å². The smallest absolute Gasteiger partial charge is 0.309 e. The summed E-state index contributed by atoms with van der Waals surface area (Å²) in [6.07, 6.45) is -1.12. The highest BCUT2D eigenvalue weighted by molar-refractivity contribution is 5.95. The lowest BCUT2D eigenvalue weighted by Gasteiger charge is -2.19. The van der Waals surface area contributed by atoms with Crippen LogP contribution in [0.2, 0.25) is 0 Å². The molecule has 2 aromatic rings. The molecule has 2 amide bonds. The van der Waals surface area contributed by atoms with Gasteiger partial charge in [0.1, 0.15) is 0 Å². The molecule has 2 aromatic carbocycles. The molecule has 2 atom stereocenters. The summed E-state index contributed by atoms with van der Waals surface area (Å²) in [4.78, 5) is 35.9. The fourth-order valence-corrected chi connectivity index (χ4v) is 2.52. The lowest BCUT2D eigenvalue weighted by Crippen LogP contribution is -2.33. The van der Waals surface area contributed by atoms with Crippen molar-refractivity contribution in [1.82, 2.24) is 5.32 Å². The predicted molar refractivity (Wildman–Crippen MR) is 103 cm³/mol. The zero-order chi connectivity index (χ0) is 20.5. The molecule has 7 nitrogen and oxygen atoms in total. The summed E-state index contributed by atoms with van der Waals surface area (Å²) >= 11 is 0. The molecule has 0 heterocycles. The lowest BCUT2D eigenvalue weighted by atomic mass is 10.0. The molecular formula is C21H21N3O4. The molecule has 0 unspecified atom stereocenters. The third-order valence-electron chi connectivity index (χ3n) is 3.91. The number of anilines is 1. The third-order valence-corrected chi connectivity index (χ3v) is 3.91. The maximum Gasteiger partial charge on any atom is 0.309 e. The van der Waals surface area contributed by atoms with Crippen molar-refractivity contribution in [3.05, 3.63) is 65.7 Å². The molecule has 0 saturated heterocycles. The standard InChI is InChI=1S/C21H21N3O4/c1-14(21(27)24-18-10-8-16(13-22)9-11-18)28-20(26)12-19(23-15(2)25)17-6-4-3-5-7-17/h3-11,14,19H,12H2,1-2H3,(H,23,25)(H,24,27)/t14-,19+/m0/s1. The van der Waals surface area contributed by atoms with E-state index >= 15 is 0 Å². The van der Waals surface area contributed by atoms with Gasteiger partial charge in [0, 0.05) is 12.6 Å². The number of nitrogens with zero attached hydrogens (tertiary/aromatic N) is 1. The van der Waals surface area contributed by atoms with Crippen molar-refractivity contribution in [2.24, 2.45) is 0 Å². The molecule has 0 fully saturated rings. The van der Waals surface area contributed by atoms with Crippen LogP contribution in [0.25, 0.3) is 0 Å². The summed E-state index contributed by atoms with van der Waals surface area (Å²) in [5.41, 5.74) is 1.74. The molecule has 0 saturated carbocycles. The van der Waals surface area contributed by atoms with Crippen molar-refractivity contribution >= 4 is 23.5 Å². The average Bonchev–Trinajstić information content (AvgIpc) is 2.68. The maximum absolute atomic E-state index is 12.3. The molecule has 7 heteroatoms. The molecule has 0 bridgehead atoms. The van der Waals surface area contributed by atoms with Crippen LogP contribution in [-0.4, -0.2) is 23.9 Å². The first kappa shape index (κ1) is 20.6. The van der Waals surface area contributed by atoms with Gasteiger partial charge in [-0.3, -0.25) is 14.4 Å². The summed E-state index contributed by atoms with van der Waals surface area (Å²) in [7, 11) is 0. The fraction of sp³-hybridized carbons (Fsp3) is 0.238. The Labute approximate surface area is 163 Å². The highest BCUT2D eigenvalue weighted by Crippen LogP contribution is 2.18. The molecule has 144 valence electrons. The number of hydrogen-bond donors (Lipinski definition) is 2. The average molecular weight is 379 g/mol. The molecule has 0 aliphatic carbocycles. The topological polar surface area (TPSA) is 108 Å². The number of carbonyl (C=O) groups is 3. The van der Waals surface area contributed by atoms with Gasteiger partial charge < -0.3 is 15.4 Å². The number of rotatable bonds is 7. The number of carbonyl (C=O) groups excluding carboxylic acids is 3.